The van der Waals surface area contributed by atoms with Crippen molar-refractivity contribution >= 4 is 55.7 Å². The van der Waals surface area contributed by atoms with Crippen LogP contribution >= 0.6 is 0 Å². The molecule has 0 aromatic heterocycles. The number of fused-ring (bicyclic) bond motifs is 8. The molecule has 64 heavy (non-hydrogen) atoms. The maximum Gasteiger partial charge on any atom is 0.0540 e. The first-order chi connectivity index (χ1) is 31.3. The Kier molecular flexibility index (Phi) is 8.58. The fraction of sp³-hybridized carbons (Fsp3) is 0.0968. The molecule has 0 fully saturated rings. The van der Waals surface area contributed by atoms with Crippen molar-refractivity contribution in [2.45, 2.75) is 38.5 Å². The number of rotatable bonds is 7. The van der Waals surface area contributed by atoms with Crippen molar-refractivity contribution in [2.75, 3.05) is 9.80 Å². The lowest BCUT2D eigenvalue weighted by molar-refractivity contribution is 0.660. The van der Waals surface area contributed by atoms with E-state index in [9.17, 15) is 0 Å². The van der Waals surface area contributed by atoms with Gasteiger partial charge >= 0.3 is 0 Å². The second-order valence-corrected chi connectivity index (χ2v) is 18.6. The molecule has 0 radical (unpaired) electrons. The summed E-state index contributed by atoms with van der Waals surface area (Å²) in [6.07, 6.45) is 0. The summed E-state index contributed by atoms with van der Waals surface area (Å²) in [5.41, 5.74) is 19.8. The van der Waals surface area contributed by atoms with E-state index in [2.05, 4.69) is 256 Å². The van der Waals surface area contributed by atoms with E-state index in [-0.39, 0.29) is 10.8 Å². The first-order valence-electron chi connectivity index (χ1n) is 22.5. The summed E-state index contributed by atoms with van der Waals surface area (Å²) in [6.45, 7) is 9.46. The van der Waals surface area contributed by atoms with Gasteiger partial charge in [0.1, 0.15) is 0 Å². The van der Waals surface area contributed by atoms with E-state index in [0.29, 0.717) is 0 Å². The van der Waals surface area contributed by atoms with E-state index < -0.39 is 0 Å². The summed E-state index contributed by atoms with van der Waals surface area (Å²) in [5.74, 6) is 0. The van der Waals surface area contributed by atoms with Gasteiger partial charge in [-0.1, -0.05) is 185 Å². The van der Waals surface area contributed by atoms with Gasteiger partial charge in [-0.25, -0.2) is 0 Å². The fourth-order valence-electron chi connectivity index (χ4n) is 10.9. The summed E-state index contributed by atoms with van der Waals surface area (Å²) in [4.78, 5) is 4.88. The molecule has 2 aliphatic carbocycles. The van der Waals surface area contributed by atoms with Gasteiger partial charge in [-0.2, -0.15) is 0 Å². The lowest BCUT2D eigenvalue weighted by Gasteiger charge is -2.30. The summed E-state index contributed by atoms with van der Waals surface area (Å²) in [5, 5.41) is 4.88. The van der Waals surface area contributed by atoms with Crippen LogP contribution < -0.4 is 9.80 Å². The topological polar surface area (TPSA) is 6.48 Å². The van der Waals surface area contributed by atoms with Gasteiger partial charge in [0.2, 0.25) is 0 Å². The minimum absolute atomic E-state index is 0.109. The SMILES string of the molecule is CC1(C)c2ccccc2-c2ccc(N(c3ccc(-c4ccc(N(c5cccc6ccccc56)c5cccc6ccccc56)cc4)cc3)c3ccc4c(c3)C(C)(C)c3ccccc3-4)cc21. The van der Waals surface area contributed by atoms with Gasteiger partial charge in [0.15, 0.2) is 0 Å². The second-order valence-electron chi connectivity index (χ2n) is 18.6. The molecule has 0 amide bonds. The normalized spacial score (nSPS) is 13.9. The van der Waals surface area contributed by atoms with Crippen LogP contribution in [0.2, 0.25) is 0 Å². The highest BCUT2D eigenvalue weighted by molar-refractivity contribution is 6.05. The van der Waals surface area contributed by atoms with Gasteiger partial charge in [-0.15, -0.1) is 0 Å². The highest BCUT2D eigenvalue weighted by Gasteiger charge is 2.37. The molecule has 2 aliphatic rings. The molecule has 0 atom stereocenters. The predicted molar refractivity (Wildman–Crippen MR) is 271 cm³/mol. The Balaban J connectivity index is 0.947. The van der Waals surface area contributed by atoms with Gasteiger partial charge in [0.25, 0.3) is 0 Å². The molecule has 10 aromatic rings. The Morgan fingerprint density at radius 2 is 0.641 bits per heavy atom. The Labute approximate surface area is 376 Å². The quantitative estimate of drug-likeness (QED) is 0.158. The van der Waals surface area contributed by atoms with Crippen LogP contribution in [0.5, 0.6) is 0 Å². The Morgan fingerprint density at radius 1 is 0.281 bits per heavy atom. The zero-order chi connectivity index (χ0) is 43.2. The highest BCUT2D eigenvalue weighted by atomic mass is 15.1. The number of hydrogen-bond donors (Lipinski definition) is 0. The predicted octanol–water partition coefficient (Wildman–Crippen LogP) is 17.2. The van der Waals surface area contributed by atoms with Crippen molar-refractivity contribution in [1.29, 1.82) is 0 Å². The van der Waals surface area contributed by atoms with Crippen molar-refractivity contribution in [2.24, 2.45) is 0 Å². The van der Waals surface area contributed by atoms with E-state index in [0.717, 1.165) is 34.1 Å². The van der Waals surface area contributed by atoms with E-state index in [1.807, 2.05) is 0 Å². The van der Waals surface area contributed by atoms with Crippen LogP contribution in [0.4, 0.5) is 34.1 Å². The Morgan fingerprint density at radius 3 is 1.11 bits per heavy atom. The molecule has 0 aliphatic heterocycles. The van der Waals surface area contributed by atoms with Crippen molar-refractivity contribution < 1.29 is 0 Å². The molecule has 12 rings (SSSR count). The van der Waals surface area contributed by atoms with Crippen molar-refractivity contribution in [1.82, 2.24) is 0 Å². The molecular formula is C62H48N2. The summed E-state index contributed by atoms with van der Waals surface area (Å²) >= 11 is 0. The van der Waals surface area contributed by atoms with Crippen LogP contribution in [-0.2, 0) is 10.8 Å². The maximum absolute atomic E-state index is 2.46. The fourth-order valence-corrected chi connectivity index (χ4v) is 10.9. The second kappa shape index (κ2) is 14.4. The van der Waals surface area contributed by atoms with Crippen LogP contribution in [0.25, 0.3) is 54.9 Å². The number of anilines is 6. The third kappa shape index (κ3) is 5.86. The molecule has 0 spiro atoms. The van der Waals surface area contributed by atoms with Crippen LogP contribution in [-0.4, -0.2) is 0 Å². The largest absolute Gasteiger partial charge is 0.310 e. The summed E-state index contributed by atoms with van der Waals surface area (Å²) in [7, 11) is 0. The van der Waals surface area contributed by atoms with Crippen LogP contribution in [0.15, 0.2) is 218 Å². The molecule has 0 heterocycles. The zero-order valence-electron chi connectivity index (χ0n) is 36.7. The van der Waals surface area contributed by atoms with E-state index in [1.54, 1.807) is 0 Å². The molecule has 2 heteroatoms. The number of hydrogen-bond acceptors (Lipinski definition) is 2. The summed E-state index contributed by atoms with van der Waals surface area (Å²) < 4.78 is 0. The average molecular weight is 821 g/mol. The Hall–Kier alpha value is -7.68. The lowest BCUT2D eigenvalue weighted by atomic mass is 9.82. The zero-order valence-corrected chi connectivity index (χ0v) is 36.7. The minimum Gasteiger partial charge on any atom is -0.310 e. The van der Waals surface area contributed by atoms with Crippen LogP contribution in [0, 0.1) is 0 Å². The lowest BCUT2D eigenvalue weighted by Crippen LogP contribution is -2.18. The van der Waals surface area contributed by atoms with Crippen molar-refractivity contribution in [3.05, 3.63) is 241 Å². The van der Waals surface area contributed by atoms with Crippen LogP contribution in [0.3, 0.4) is 0 Å². The van der Waals surface area contributed by atoms with E-state index in [1.165, 1.54) is 77.2 Å². The highest BCUT2D eigenvalue weighted by Crippen LogP contribution is 2.53. The number of nitrogens with zero attached hydrogens (tertiary/aromatic N) is 2. The van der Waals surface area contributed by atoms with E-state index in [4.69, 9.17) is 0 Å². The molecule has 0 bridgehead atoms. The molecule has 10 aromatic carbocycles. The Bertz CT molecular complexity index is 3250. The van der Waals surface area contributed by atoms with Gasteiger partial charge in [-0.05, 0) is 127 Å². The molecule has 2 nitrogen and oxygen atoms in total. The monoisotopic (exact) mass is 820 g/mol. The van der Waals surface area contributed by atoms with Crippen molar-refractivity contribution in [3.63, 3.8) is 0 Å². The van der Waals surface area contributed by atoms with Crippen molar-refractivity contribution in [3.8, 4) is 33.4 Å². The average Bonchev–Trinajstić information content (AvgIpc) is 3.71. The van der Waals surface area contributed by atoms with E-state index >= 15 is 0 Å². The first kappa shape index (κ1) is 38.0. The molecule has 0 saturated carbocycles. The first-order valence-corrected chi connectivity index (χ1v) is 22.5. The van der Waals surface area contributed by atoms with Gasteiger partial charge in [-0.3, -0.25) is 0 Å². The third-order valence-corrected chi connectivity index (χ3v) is 14.2. The maximum atomic E-state index is 2.46. The molecular weight excluding hydrogens is 773 g/mol. The van der Waals surface area contributed by atoms with Gasteiger partial charge in [0, 0.05) is 44.4 Å². The summed E-state index contributed by atoms with van der Waals surface area (Å²) in [6, 6.07) is 80.8. The van der Waals surface area contributed by atoms with Gasteiger partial charge in [0.05, 0.1) is 11.4 Å². The standard InChI is InChI=1S/C62H48N2/c1-61(2)55-23-11-9-21-51(55)53-37-35-47(39-57(53)61)63(48-36-38-54-52-22-10-12-24-56(52)62(3,4)58(54)40-48)45-31-27-41(28-32-45)42-29-33-46(34-30-42)64(59-25-13-17-43-15-5-7-19-49(43)59)60-26-14-18-44-16-6-8-20-50(44)60/h5-40H,1-4H3. The smallest absolute Gasteiger partial charge is 0.0540 e. The van der Waals surface area contributed by atoms with Gasteiger partial charge < -0.3 is 9.80 Å². The number of benzene rings is 10. The van der Waals surface area contributed by atoms with Crippen LogP contribution in [0.1, 0.15) is 49.9 Å². The molecule has 0 saturated heterocycles. The molecule has 0 unspecified atom stereocenters. The minimum atomic E-state index is -0.109. The molecule has 306 valence electrons. The molecule has 0 N–H and O–H groups in total. The third-order valence-electron chi connectivity index (χ3n) is 14.2.